The average Bonchev–Trinajstić information content (AvgIpc) is 2.59. The summed E-state index contributed by atoms with van der Waals surface area (Å²) < 4.78 is 5.33. The molecular weight excluding hydrogens is 290 g/mol. The summed E-state index contributed by atoms with van der Waals surface area (Å²) in [5, 5.41) is 0. The van der Waals surface area contributed by atoms with E-state index in [0.717, 1.165) is 11.1 Å². The molecule has 0 aliphatic carbocycles. The monoisotopic (exact) mass is 311 g/mol. The van der Waals surface area contributed by atoms with Crippen molar-refractivity contribution in [1.82, 2.24) is 4.90 Å². The van der Waals surface area contributed by atoms with E-state index in [4.69, 9.17) is 4.74 Å². The Morgan fingerprint density at radius 3 is 2.26 bits per heavy atom. The van der Waals surface area contributed by atoms with Gasteiger partial charge in [0.25, 0.3) is 5.91 Å². The first kappa shape index (κ1) is 16.7. The number of ether oxygens (including phenoxy) is 1. The molecule has 0 aliphatic heterocycles. The zero-order valence-electron chi connectivity index (χ0n) is 13.9. The first-order valence-corrected chi connectivity index (χ1v) is 7.46. The van der Waals surface area contributed by atoms with Crippen LogP contribution in [0.1, 0.15) is 34.5 Å². The van der Waals surface area contributed by atoms with Crippen LogP contribution in [-0.4, -0.2) is 30.7 Å². The number of likely N-dealkylation sites (N-methyl/N-ethyl adjacent to an activating group) is 1. The van der Waals surface area contributed by atoms with Crippen LogP contribution in [0.3, 0.4) is 0 Å². The van der Waals surface area contributed by atoms with Crippen molar-refractivity contribution in [2.75, 3.05) is 14.2 Å². The van der Waals surface area contributed by atoms with E-state index in [2.05, 4.69) is 0 Å². The van der Waals surface area contributed by atoms with Gasteiger partial charge in [-0.1, -0.05) is 48.0 Å². The molecule has 120 valence electrons. The molecule has 2 aromatic carbocycles. The van der Waals surface area contributed by atoms with E-state index in [1.807, 2.05) is 50.2 Å². The molecule has 0 fully saturated rings. The Balaban J connectivity index is 2.21. The smallest absolute Gasteiger partial charge is 0.295 e. The molecule has 2 rings (SSSR count). The van der Waals surface area contributed by atoms with Gasteiger partial charge in [-0.25, -0.2) is 0 Å². The molecular formula is C19H21NO3. The maximum atomic E-state index is 12.5. The molecule has 4 nitrogen and oxygen atoms in total. The minimum absolute atomic E-state index is 0.270. The fraction of sp³-hybridized carbons (Fsp3) is 0.263. The third kappa shape index (κ3) is 3.59. The largest absolute Gasteiger partial charge is 0.496 e. The van der Waals surface area contributed by atoms with Gasteiger partial charge in [-0.05, 0) is 19.9 Å². The number of carbonyl (C=O) groups is 2. The standard InChI is InChI=1S/C19H21NO3/c1-13-9-11-15(12-10-13)18(21)19(22)20(3)14(2)16-7-5-6-8-17(16)23-4/h5-12,14H,1-4H3. The number of benzene rings is 2. The van der Waals surface area contributed by atoms with E-state index >= 15 is 0 Å². The fourth-order valence-corrected chi connectivity index (χ4v) is 2.38. The molecule has 23 heavy (non-hydrogen) atoms. The van der Waals surface area contributed by atoms with Crippen molar-refractivity contribution in [2.45, 2.75) is 19.9 Å². The summed E-state index contributed by atoms with van der Waals surface area (Å²) in [5.41, 5.74) is 2.31. The van der Waals surface area contributed by atoms with Crippen LogP contribution in [-0.2, 0) is 4.79 Å². The Morgan fingerprint density at radius 2 is 1.65 bits per heavy atom. The van der Waals surface area contributed by atoms with Crippen molar-refractivity contribution in [1.29, 1.82) is 0 Å². The third-order valence-corrected chi connectivity index (χ3v) is 4.00. The first-order chi connectivity index (χ1) is 11.0. The second-order valence-corrected chi connectivity index (χ2v) is 5.53. The lowest BCUT2D eigenvalue weighted by molar-refractivity contribution is -0.127. The van der Waals surface area contributed by atoms with Gasteiger partial charge < -0.3 is 9.64 Å². The molecule has 1 unspecified atom stereocenters. The van der Waals surface area contributed by atoms with E-state index in [1.54, 1.807) is 26.3 Å². The molecule has 4 heteroatoms. The zero-order valence-corrected chi connectivity index (χ0v) is 13.9. The number of rotatable bonds is 5. The summed E-state index contributed by atoms with van der Waals surface area (Å²) in [6.07, 6.45) is 0. The minimum Gasteiger partial charge on any atom is -0.496 e. The van der Waals surface area contributed by atoms with Gasteiger partial charge in [0, 0.05) is 18.2 Å². The predicted molar refractivity (Wildman–Crippen MR) is 89.7 cm³/mol. The van der Waals surface area contributed by atoms with Crippen LogP contribution < -0.4 is 4.74 Å². The van der Waals surface area contributed by atoms with Crippen LogP contribution in [0.5, 0.6) is 5.75 Å². The number of aryl methyl sites for hydroxylation is 1. The molecule has 0 saturated carbocycles. The van der Waals surface area contributed by atoms with Gasteiger partial charge in [0.1, 0.15) is 5.75 Å². The van der Waals surface area contributed by atoms with Crippen LogP contribution in [0.2, 0.25) is 0 Å². The number of para-hydroxylation sites is 1. The highest BCUT2D eigenvalue weighted by Crippen LogP contribution is 2.28. The lowest BCUT2D eigenvalue weighted by atomic mass is 10.0. The highest BCUT2D eigenvalue weighted by Gasteiger charge is 2.26. The van der Waals surface area contributed by atoms with Crippen molar-refractivity contribution < 1.29 is 14.3 Å². The number of ketones is 1. The zero-order chi connectivity index (χ0) is 17.0. The quantitative estimate of drug-likeness (QED) is 0.628. The third-order valence-electron chi connectivity index (χ3n) is 4.00. The number of hydrogen-bond donors (Lipinski definition) is 0. The Morgan fingerprint density at radius 1 is 1.04 bits per heavy atom. The van der Waals surface area contributed by atoms with Gasteiger partial charge in [-0.3, -0.25) is 9.59 Å². The Labute approximate surface area is 136 Å². The molecule has 0 aliphatic rings. The van der Waals surface area contributed by atoms with Crippen LogP contribution in [0, 0.1) is 6.92 Å². The highest BCUT2D eigenvalue weighted by molar-refractivity contribution is 6.42. The maximum Gasteiger partial charge on any atom is 0.295 e. The number of nitrogens with zero attached hydrogens (tertiary/aromatic N) is 1. The van der Waals surface area contributed by atoms with Gasteiger partial charge >= 0.3 is 0 Å². The number of amides is 1. The van der Waals surface area contributed by atoms with E-state index in [1.165, 1.54) is 4.90 Å². The number of carbonyl (C=O) groups excluding carboxylic acids is 2. The minimum atomic E-state index is -0.535. The summed E-state index contributed by atoms with van der Waals surface area (Å²) in [7, 11) is 3.22. The molecule has 0 saturated heterocycles. The maximum absolute atomic E-state index is 12.5. The molecule has 2 aromatic rings. The van der Waals surface area contributed by atoms with Gasteiger partial charge in [0.15, 0.2) is 0 Å². The molecule has 0 aromatic heterocycles. The SMILES string of the molecule is COc1ccccc1C(C)N(C)C(=O)C(=O)c1ccc(C)cc1. The van der Waals surface area contributed by atoms with Gasteiger partial charge in [0.05, 0.1) is 13.2 Å². The average molecular weight is 311 g/mol. The van der Waals surface area contributed by atoms with Crippen molar-refractivity contribution in [3.63, 3.8) is 0 Å². The molecule has 1 amide bonds. The molecule has 0 bridgehead atoms. The second-order valence-electron chi connectivity index (χ2n) is 5.53. The van der Waals surface area contributed by atoms with Crippen LogP contribution in [0.25, 0.3) is 0 Å². The van der Waals surface area contributed by atoms with Crippen LogP contribution >= 0.6 is 0 Å². The Hall–Kier alpha value is -2.62. The summed E-state index contributed by atoms with van der Waals surface area (Å²) in [6, 6.07) is 14.2. The van der Waals surface area contributed by atoms with Crippen molar-refractivity contribution in [3.05, 3.63) is 65.2 Å². The number of methoxy groups -OCH3 is 1. The molecule has 0 spiro atoms. The molecule has 0 radical (unpaired) electrons. The topological polar surface area (TPSA) is 46.6 Å². The summed E-state index contributed by atoms with van der Waals surface area (Å²) in [5.74, 6) is -0.344. The number of Topliss-reactive ketones (excluding diaryl/α,β-unsaturated/α-hetero) is 1. The Bertz CT molecular complexity index is 707. The second kappa shape index (κ2) is 7.09. The molecule has 1 atom stereocenters. The number of hydrogen-bond acceptors (Lipinski definition) is 3. The van der Waals surface area contributed by atoms with Crippen LogP contribution in [0.15, 0.2) is 48.5 Å². The van der Waals surface area contributed by atoms with Gasteiger partial charge in [-0.2, -0.15) is 0 Å². The van der Waals surface area contributed by atoms with E-state index in [9.17, 15) is 9.59 Å². The van der Waals surface area contributed by atoms with Crippen LogP contribution in [0.4, 0.5) is 0 Å². The van der Waals surface area contributed by atoms with Crippen molar-refractivity contribution in [3.8, 4) is 5.75 Å². The summed E-state index contributed by atoms with van der Waals surface area (Å²) >= 11 is 0. The van der Waals surface area contributed by atoms with E-state index < -0.39 is 11.7 Å². The Kier molecular flexibility index (Phi) is 5.16. The van der Waals surface area contributed by atoms with E-state index in [0.29, 0.717) is 11.3 Å². The van der Waals surface area contributed by atoms with E-state index in [-0.39, 0.29) is 6.04 Å². The lowest BCUT2D eigenvalue weighted by Crippen LogP contribution is -2.35. The molecule has 0 N–H and O–H groups in total. The lowest BCUT2D eigenvalue weighted by Gasteiger charge is -2.26. The first-order valence-electron chi connectivity index (χ1n) is 7.46. The summed E-state index contributed by atoms with van der Waals surface area (Å²) in [4.78, 5) is 26.3. The van der Waals surface area contributed by atoms with Gasteiger partial charge in [-0.15, -0.1) is 0 Å². The fourth-order valence-electron chi connectivity index (χ4n) is 2.38. The highest BCUT2D eigenvalue weighted by atomic mass is 16.5. The van der Waals surface area contributed by atoms with Crippen molar-refractivity contribution >= 4 is 11.7 Å². The predicted octanol–water partition coefficient (Wildman–Crippen LogP) is 3.41. The normalized spacial score (nSPS) is 11.7. The van der Waals surface area contributed by atoms with Gasteiger partial charge in [0.2, 0.25) is 5.78 Å². The summed E-state index contributed by atoms with van der Waals surface area (Å²) in [6.45, 7) is 3.81. The molecule has 0 heterocycles. The van der Waals surface area contributed by atoms with Crippen molar-refractivity contribution in [2.24, 2.45) is 0 Å².